The van der Waals surface area contributed by atoms with E-state index in [1.165, 1.54) is 16.0 Å². The third kappa shape index (κ3) is 2.91. The molecule has 0 aliphatic rings. The number of aromatic hydroxyl groups is 1. The van der Waals surface area contributed by atoms with E-state index >= 15 is 0 Å². The summed E-state index contributed by atoms with van der Waals surface area (Å²) < 4.78 is 0. The molecule has 0 amide bonds. The van der Waals surface area contributed by atoms with Crippen LogP contribution < -0.4 is 0 Å². The second-order valence-corrected chi connectivity index (χ2v) is 5.83. The number of thiophene rings is 1. The lowest BCUT2D eigenvalue weighted by molar-refractivity contribution is 0.475. The first-order chi connectivity index (χ1) is 9.83. The van der Waals surface area contributed by atoms with Gasteiger partial charge in [-0.15, -0.1) is 11.3 Å². The molecule has 20 heavy (non-hydrogen) atoms. The summed E-state index contributed by atoms with van der Waals surface area (Å²) in [6.45, 7) is 0. The van der Waals surface area contributed by atoms with Gasteiger partial charge >= 0.3 is 0 Å². The normalized spacial score (nSPS) is 12.2. The molecular weight excluding hydrogens is 264 g/mol. The topological polar surface area (TPSA) is 20.2 Å². The number of hydrogen-bond acceptors (Lipinski definition) is 2. The Bertz CT molecular complexity index is 642. The summed E-state index contributed by atoms with van der Waals surface area (Å²) in [6.07, 6.45) is 0.949. The molecule has 0 spiro atoms. The second-order valence-electron chi connectivity index (χ2n) is 4.85. The van der Waals surface area contributed by atoms with Crippen LogP contribution in [-0.2, 0) is 6.42 Å². The Morgan fingerprint density at radius 2 is 1.60 bits per heavy atom. The Kier molecular flexibility index (Phi) is 3.84. The van der Waals surface area contributed by atoms with Gasteiger partial charge in [-0.1, -0.05) is 48.5 Å². The minimum Gasteiger partial charge on any atom is -0.508 e. The van der Waals surface area contributed by atoms with Crippen molar-refractivity contribution in [2.75, 3.05) is 0 Å². The lowest BCUT2D eigenvalue weighted by Gasteiger charge is -2.16. The zero-order valence-electron chi connectivity index (χ0n) is 11.1. The Morgan fingerprint density at radius 1 is 0.850 bits per heavy atom. The summed E-state index contributed by atoms with van der Waals surface area (Å²) in [4.78, 5) is 1.38. The van der Waals surface area contributed by atoms with Crippen LogP contribution in [0, 0.1) is 0 Å². The van der Waals surface area contributed by atoms with E-state index in [0.29, 0.717) is 11.7 Å². The molecule has 0 aliphatic carbocycles. The third-order valence-corrected chi connectivity index (χ3v) is 4.45. The van der Waals surface area contributed by atoms with Crippen molar-refractivity contribution >= 4 is 11.3 Å². The van der Waals surface area contributed by atoms with Crippen molar-refractivity contribution in [2.24, 2.45) is 0 Å². The number of hydrogen-bond donors (Lipinski definition) is 1. The fraction of sp³-hybridized carbons (Fsp3) is 0.111. The van der Waals surface area contributed by atoms with Gasteiger partial charge in [-0.2, -0.15) is 0 Å². The lowest BCUT2D eigenvalue weighted by Crippen LogP contribution is -2.03. The van der Waals surface area contributed by atoms with Crippen molar-refractivity contribution in [1.29, 1.82) is 0 Å². The number of rotatable bonds is 4. The molecule has 2 heteroatoms. The minimum atomic E-state index is 0.320. The summed E-state index contributed by atoms with van der Waals surface area (Å²) >= 11 is 1.80. The average Bonchev–Trinajstić information content (AvgIpc) is 3.01. The van der Waals surface area contributed by atoms with Crippen LogP contribution in [-0.4, -0.2) is 5.11 Å². The SMILES string of the molecule is Oc1ccc(CC(c2ccccc2)c2cccs2)cc1. The smallest absolute Gasteiger partial charge is 0.115 e. The molecule has 0 radical (unpaired) electrons. The van der Waals surface area contributed by atoms with Gasteiger partial charge in [0.2, 0.25) is 0 Å². The molecule has 0 aliphatic heterocycles. The fourth-order valence-electron chi connectivity index (χ4n) is 2.43. The van der Waals surface area contributed by atoms with E-state index in [0.717, 1.165) is 6.42 Å². The summed E-state index contributed by atoms with van der Waals surface area (Å²) in [5.41, 5.74) is 2.58. The molecule has 3 aromatic rings. The van der Waals surface area contributed by atoms with Crippen molar-refractivity contribution in [3.8, 4) is 5.75 Å². The van der Waals surface area contributed by atoms with E-state index in [1.54, 1.807) is 23.5 Å². The first-order valence-electron chi connectivity index (χ1n) is 6.69. The highest BCUT2D eigenvalue weighted by atomic mass is 32.1. The van der Waals surface area contributed by atoms with E-state index in [-0.39, 0.29) is 0 Å². The molecule has 1 unspecified atom stereocenters. The summed E-state index contributed by atoms with van der Waals surface area (Å²) in [5.74, 6) is 0.696. The van der Waals surface area contributed by atoms with Crippen LogP contribution >= 0.6 is 11.3 Å². The van der Waals surface area contributed by atoms with Gasteiger partial charge in [-0.3, -0.25) is 0 Å². The zero-order chi connectivity index (χ0) is 13.8. The molecule has 1 aromatic heterocycles. The molecule has 3 rings (SSSR count). The van der Waals surface area contributed by atoms with Gasteiger partial charge < -0.3 is 5.11 Å². The van der Waals surface area contributed by atoms with Crippen molar-refractivity contribution in [3.63, 3.8) is 0 Å². The van der Waals surface area contributed by atoms with Crippen LogP contribution in [0.1, 0.15) is 21.9 Å². The highest BCUT2D eigenvalue weighted by Gasteiger charge is 2.15. The lowest BCUT2D eigenvalue weighted by atomic mass is 9.91. The van der Waals surface area contributed by atoms with Gasteiger partial charge in [0.25, 0.3) is 0 Å². The highest BCUT2D eigenvalue weighted by Crippen LogP contribution is 2.31. The maximum atomic E-state index is 9.39. The maximum Gasteiger partial charge on any atom is 0.115 e. The molecule has 0 bridgehead atoms. The van der Waals surface area contributed by atoms with Crippen LogP contribution in [0.25, 0.3) is 0 Å². The fourth-order valence-corrected chi connectivity index (χ4v) is 3.28. The quantitative estimate of drug-likeness (QED) is 0.726. The summed E-state index contributed by atoms with van der Waals surface area (Å²) in [6, 6.07) is 22.4. The molecule has 2 aromatic carbocycles. The van der Waals surface area contributed by atoms with Gasteiger partial charge in [-0.25, -0.2) is 0 Å². The predicted molar refractivity (Wildman–Crippen MR) is 84.4 cm³/mol. The van der Waals surface area contributed by atoms with Gasteiger partial charge in [0, 0.05) is 10.8 Å². The van der Waals surface area contributed by atoms with Crippen LogP contribution in [0.5, 0.6) is 5.75 Å². The Morgan fingerprint density at radius 3 is 2.25 bits per heavy atom. The van der Waals surface area contributed by atoms with Gasteiger partial charge in [0.1, 0.15) is 5.75 Å². The van der Waals surface area contributed by atoms with Crippen molar-refractivity contribution in [1.82, 2.24) is 0 Å². The van der Waals surface area contributed by atoms with Crippen molar-refractivity contribution in [3.05, 3.63) is 88.1 Å². The largest absolute Gasteiger partial charge is 0.508 e. The average molecular weight is 280 g/mol. The predicted octanol–water partition coefficient (Wildman–Crippen LogP) is 4.83. The number of phenols is 1. The maximum absolute atomic E-state index is 9.39. The Hall–Kier alpha value is -2.06. The molecular formula is C18H16OS. The molecule has 1 heterocycles. The van der Waals surface area contributed by atoms with Crippen LogP contribution in [0.15, 0.2) is 72.1 Å². The highest BCUT2D eigenvalue weighted by molar-refractivity contribution is 7.10. The van der Waals surface area contributed by atoms with E-state index in [1.807, 2.05) is 12.1 Å². The molecule has 1 N–H and O–H groups in total. The molecule has 0 fully saturated rings. The molecule has 0 saturated heterocycles. The Balaban J connectivity index is 1.92. The van der Waals surface area contributed by atoms with Gasteiger partial charge in [0.05, 0.1) is 0 Å². The number of phenolic OH excluding ortho intramolecular Hbond substituents is 1. The number of benzene rings is 2. The van der Waals surface area contributed by atoms with E-state index in [9.17, 15) is 5.11 Å². The summed E-state index contributed by atoms with van der Waals surface area (Å²) in [7, 11) is 0. The van der Waals surface area contributed by atoms with Crippen molar-refractivity contribution in [2.45, 2.75) is 12.3 Å². The first-order valence-corrected chi connectivity index (χ1v) is 7.57. The molecule has 1 atom stereocenters. The minimum absolute atomic E-state index is 0.320. The monoisotopic (exact) mass is 280 g/mol. The first kappa shape index (κ1) is 12.9. The zero-order valence-corrected chi connectivity index (χ0v) is 11.9. The van der Waals surface area contributed by atoms with Crippen LogP contribution in [0.3, 0.4) is 0 Å². The van der Waals surface area contributed by atoms with Crippen molar-refractivity contribution < 1.29 is 5.11 Å². The third-order valence-electron chi connectivity index (χ3n) is 3.46. The Labute approximate surface area is 123 Å². The van der Waals surface area contributed by atoms with E-state index < -0.39 is 0 Å². The van der Waals surface area contributed by atoms with E-state index in [2.05, 4.69) is 47.8 Å². The molecule has 1 nitrogen and oxygen atoms in total. The summed E-state index contributed by atoms with van der Waals surface area (Å²) in [5, 5.41) is 11.5. The second kappa shape index (κ2) is 5.93. The van der Waals surface area contributed by atoms with E-state index in [4.69, 9.17) is 0 Å². The van der Waals surface area contributed by atoms with Crippen LogP contribution in [0.2, 0.25) is 0 Å². The molecule has 0 saturated carbocycles. The van der Waals surface area contributed by atoms with Gasteiger partial charge in [0.15, 0.2) is 0 Å². The standard InChI is InChI=1S/C18H16OS/c19-16-10-8-14(9-11-16)13-17(18-7-4-12-20-18)15-5-2-1-3-6-15/h1-12,17,19H,13H2. The van der Waals surface area contributed by atoms with Gasteiger partial charge in [-0.05, 0) is 41.1 Å². The molecule has 100 valence electrons. The van der Waals surface area contributed by atoms with Crippen LogP contribution in [0.4, 0.5) is 0 Å².